The van der Waals surface area contributed by atoms with Crippen LogP contribution in [0, 0.1) is 13.7 Å². The molecule has 0 bridgehead atoms. The summed E-state index contributed by atoms with van der Waals surface area (Å²) < 4.78 is 59.1. The lowest BCUT2D eigenvalue weighted by molar-refractivity contribution is 1.16. The monoisotopic (exact) mass is 670 g/mol. The molecule has 10 rings (SSSR count). The molecule has 0 amide bonds. The van der Waals surface area contributed by atoms with Gasteiger partial charge in [-0.3, -0.25) is 0 Å². The van der Waals surface area contributed by atoms with Crippen LogP contribution in [0.5, 0.6) is 0 Å². The van der Waals surface area contributed by atoms with Gasteiger partial charge in [-0.15, -0.1) is 0 Å². The second-order valence-corrected chi connectivity index (χ2v) is 13.3. The summed E-state index contributed by atoms with van der Waals surface area (Å²) in [7, 11) is 0. The van der Waals surface area contributed by atoms with Crippen molar-refractivity contribution in [1.82, 2.24) is 9.13 Å². The van der Waals surface area contributed by atoms with E-state index in [1.54, 1.807) is 0 Å². The maximum Gasteiger partial charge on any atom is 0.0580 e. The number of fused-ring (bicyclic) bond motifs is 6. The highest BCUT2D eigenvalue weighted by Gasteiger charge is 2.24. The lowest BCUT2D eigenvalue weighted by atomic mass is 9.98. The zero-order chi connectivity index (χ0) is 39.8. The van der Waals surface area contributed by atoms with Gasteiger partial charge >= 0.3 is 0 Å². The molecular weight excluding hydrogens is 629 g/mol. The van der Waals surface area contributed by atoms with Crippen LogP contribution in [0.4, 0.5) is 0 Å². The summed E-state index contributed by atoms with van der Waals surface area (Å²) >= 11 is 0. The molecule has 246 valence electrons. The third-order valence-electron chi connectivity index (χ3n) is 10.4. The zero-order valence-corrected chi connectivity index (χ0v) is 28.2. The number of aromatic nitrogens is 2. The van der Waals surface area contributed by atoms with E-state index in [0.29, 0.717) is 32.6 Å². The van der Waals surface area contributed by atoms with Crippen LogP contribution in [-0.4, -0.2) is 9.13 Å². The van der Waals surface area contributed by atoms with Crippen LogP contribution in [-0.2, 0) is 0 Å². The maximum absolute atomic E-state index is 9.20. The SMILES string of the molecule is [2H]C([2H])([2H])c1c2c3ccccc3n(-c3ccc(-c4ccc(-c5ccccc5)cc4)cc3)c2c(C([2H])([2H])[2H])c2c3ccccc3n(-c3ccc(-c4ccccc4)cc3)c12. The minimum absolute atomic E-state index is 0.123. The van der Waals surface area contributed by atoms with E-state index in [4.69, 9.17) is 0 Å². The van der Waals surface area contributed by atoms with Gasteiger partial charge in [0, 0.05) is 41.1 Å². The largest absolute Gasteiger partial charge is 0.309 e. The van der Waals surface area contributed by atoms with Crippen LogP contribution in [0.25, 0.3) is 88.4 Å². The molecule has 52 heavy (non-hydrogen) atoms. The number of aryl methyl sites for hydroxylation is 2. The van der Waals surface area contributed by atoms with Gasteiger partial charge in [0.15, 0.2) is 0 Å². The van der Waals surface area contributed by atoms with Gasteiger partial charge in [0.05, 0.1) is 22.1 Å². The molecule has 0 aliphatic carbocycles. The van der Waals surface area contributed by atoms with Gasteiger partial charge < -0.3 is 9.13 Å². The molecule has 0 unspecified atom stereocenters. The van der Waals surface area contributed by atoms with E-state index < -0.39 is 13.7 Å². The van der Waals surface area contributed by atoms with Gasteiger partial charge in [-0.1, -0.05) is 146 Å². The molecule has 2 nitrogen and oxygen atoms in total. The Morgan fingerprint density at radius 2 is 0.635 bits per heavy atom. The van der Waals surface area contributed by atoms with E-state index in [1.165, 1.54) is 0 Å². The Morgan fingerprint density at radius 3 is 1.00 bits per heavy atom. The first-order valence-corrected chi connectivity index (χ1v) is 17.5. The van der Waals surface area contributed by atoms with E-state index >= 15 is 0 Å². The summed E-state index contributed by atoms with van der Waals surface area (Å²) in [6, 6.07) is 60.1. The van der Waals surface area contributed by atoms with Crippen LogP contribution in [0.2, 0.25) is 0 Å². The molecule has 0 saturated carbocycles. The van der Waals surface area contributed by atoms with Gasteiger partial charge in [-0.25, -0.2) is 0 Å². The molecule has 0 N–H and O–H groups in total. The van der Waals surface area contributed by atoms with Gasteiger partial charge in [0.1, 0.15) is 0 Å². The van der Waals surface area contributed by atoms with Crippen LogP contribution < -0.4 is 0 Å². The molecule has 0 spiro atoms. The summed E-state index contributed by atoms with van der Waals surface area (Å²) in [6.45, 7) is -5.24. The summed E-state index contributed by atoms with van der Waals surface area (Å²) in [5.74, 6) is 0. The minimum Gasteiger partial charge on any atom is -0.309 e. The van der Waals surface area contributed by atoms with Crippen LogP contribution >= 0.6 is 0 Å². The van der Waals surface area contributed by atoms with Crippen LogP contribution in [0.15, 0.2) is 182 Å². The fraction of sp³-hybridized carbons (Fsp3) is 0.0400. The first-order chi connectivity index (χ1) is 28.1. The van der Waals surface area contributed by atoms with E-state index in [1.807, 2.05) is 155 Å². The van der Waals surface area contributed by atoms with E-state index in [9.17, 15) is 8.22 Å². The number of rotatable bonds is 5. The van der Waals surface area contributed by atoms with E-state index in [2.05, 4.69) is 36.4 Å². The number of benzene rings is 8. The Morgan fingerprint density at radius 1 is 0.327 bits per heavy atom. The van der Waals surface area contributed by atoms with Gasteiger partial charge in [0.25, 0.3) is 0 Å². The summed E-state index contributed by atoms with van der Waals surface area (Å²) in [5, 5.41) is 2.18. The van der Waals surface area contributed by atoms with Crippen molar-refractivity contribution in [2.24, 2.45) is 0 Å². The average Bonchev–Trinajstić information content (AvgIpc) is 3.76. The third kappa shape index (κ3) is 4.65. The zero-order valence-electron chi connectivity index (χ0n) is 34.2. The lowest BCUT2D eigenvalue weighted by Gasteiger charge is -2.15. The summed E-state index contributed by atoms with van der Waals surface area (Å²) in [4.78, 5) is 0. The average molecular weight is 671 g/mol. The van der Waals surface area contributed by atoms with Gasteiger partial charge in [-0.2, -0.15) is 0 Å². The number of hydrogen-bond acceptors (Lipinski definition) is 0. The molecule has 0 atom stereocenters. The van der Waals surface area contributed by atoms with Crippen molar-refractivity contribution in [3.63, 3.8) is 0 Å². The van der Waals surface area contributed by atoms with Gasteiger partial charge in [-0.05, 0) is 94.6 Å². The standard InChI is InChI=1S/C50H36N2/c1-33-48-44-18-10-12-20-46(44)52(42-31-27-40(28-32-42)38-23-21-37(22-24-38)35-13-5-3-6-14-35)50(48)34(2)47-43-17-9-11-19-45(43)51(49(33)47)41-29-25-39(26-30-41)36-15-7-4-8-16-36/h3-32H,1-2H3/i1D3,2D3. The molecule has 10 aromatic rings. The van der Waals surface area contributed by atoms with Crippen molar-refractivity contribution in [3.8, 4) is 44.8 Å². The molecule has 0 aliphatic heterocycles. The summed E-state index contributed by atoms with van der Waals surface area (Å²) in [5.41, 5.74) is 10.3. The number of para-hydroxylation sites is 2. The van der Waals surface area contributed by atoms with Crippen molar-refractivity contribution >= 4 is 43.6 Å². The highest BCUT2D eigenvalue weighted by Crippen LogP contribution is 2.45. The van der Waals surface area contributed by atoms with E-state index in [0.717, 1.165) is 55.8 Å². The first-order valence-electron chi connectivity index (χ1n) is 20.5. The Kier molecular flexibility index (Phi) is 5.65. The molecule has 0 saturated heterocycles. The van der Waals surface area contributed by atoms with Crippen LogP contribution in [0.3, 0.4) is 0 Å². The van der Waals surface area contributed by atoms with E-state index in [-0.39, 0.29) is 11.1 Å². The van der Waals surface area contributed by atoms with Crippen molar-refractivity contribution in [2.75, 3.05) is 0 Å². The molecule has 2 heteroatoms. The van der Waals surface area contributed by atoms with Crippen molar-refractivity contribution < 1.29 is 8.22 Å². The van der Waals surface area contributed by atoms with Crippen molar-refractivity contribution in [3.05, 3.63) is 193 Å². The van der Waals surface area contributed by atoms with Crippen LogP contribution in [0.1, 0.15) is 19.4 Å². The Labute approximate surface area is 311 Å². The fourth-order valence-corrected chi connectivity index (χ4v) is 7.95. The Bertz CT molecular complexity index is 3140. The Hall–Kier alpha value is -6.64. The highest BCUT2D eigenvalue weighted by atomic mass is 15.0. The lowest BCUT2D eigenvalue weighted by Crippen LogP contribution is -1.99. The van der Waals surface area contributed by atoms with Crippen molar-refractivity contribution in [2.45, 2.75) is 13.7 Å². The highest BCUT2D eigenvalue weighted by molar-refractivity contribution is 6.23. The molecule has 8 aromatic carbocycles. The molecule has 0 aliphatic rings. The molecule has 2 heterocycles. The molecule has 0 fully saturated rings. The second-order valence-electron chi connectivity index (χ2n) is 13.3. The Balaban J connectivity index is 1.26. The quantitative estimate of drug-likeness (QED) is 0.172. The maximum atomic E-state index is 9.20. The van der Waals surface area contributed by atoms with Crippen molar-refractivity contribution in [1.29, 1.82) is 0 Å². The smallest absolute Gasteiger partial charge is 0.0580 e. The fourth-order valence-electron chi connectivity index (χ4n) is 7.95. The van der Waals surface area contributed by atoms with Gasteiger partial charge in [0.2, 0.25) is 0 Å². The number of nitrogens with zero attached hydrogens (tertiary/aromatic N) is 2. The molecule has 0 radical (unpaired) electrons. The third-order valence-corrected chi connectivity index (χ3v) is 10.4. The summed E-state index contributed by atoms with van der Waals surface area (Å²) in [6.07, 6.45) is 0. The minimum atomic E-state index is -2.62. The molecule has 2 aromatic heterocycles. The second kappa shape index (κ2) is 12.0. The topological polar surface area (TPSA) is 9.86 Å². The number of hydrogen-bond donors (Lipinski definition) is 0. The predicted octanol–water partition coefficient (Wildman–Crippen LogP) is 13.5. The molecular formula is C50H36N2. The predicted molar refractivity (Wildman–Crippen MR) is 221 cm³/mol. The normalized spacial score (nSPS) is 13.8. The first kappa shape index (κ1) is 24.5.